The normalized spacial score (nSPS) is 25.3. The minimum absolute atomic E-state index is 0.00376. The van der Waals surface area contributed by atoms with Crippen molar-refractivity contribution in [3.8, 4) is 0 Å². The zero-order valence-electron chi connectivity index (χ0n) is 13.3. The van der Waals surface area contributed by atoms with E-state index in [1.54, 1.807) is 6.07 Å². The summed E-state index contributed by atoms with van der Waals surface area (Å²) in [5, 5.41) is 9.29. The monoisotopic (exact) mass is 333 g/mol. The molecule has 0 unspecified atom stereocenters. The van der Waals surface area contributed by atoms with Crippen molar-refractivity contribution in [2.24, 2.45) is 0 Å². The zero-order valence-corrected chi connectivity index (χ0v) is 13.3. The summed E-state index contributed by atoms with van der Waals surface area (Å²) in [6.07, 6.45) is 3.55. The van der Waals surface area contributed by atoms with Crippen LogP contribution in [0.3, 0.4) is 0 Å². The molecular formula is C18H20FNO4. The molecule has 6 heteroatoms. The highest BCUT2D eigenvalue weighted by atomic mass is 19.1. The number of carbonyl (C=O) groups is 3. The number of benzene rings is 1. The van der Waals surface area contributed by atoms with Gasteiger partial charge >= 0.3 is 5.97 Å². The highest BCUT2D eigenvalue weighted by Crippen LogP contribution is 2.43. The van der Waals surface area contributed by atoms with E-state index in [0.29, 0.717) is 0 Å². The molecule has 1 aliphatic heterocycles. The molecule has 1 saturated heterocycles. The minimum Gasteiger partial charge on any atom is -0.481 e. The van der Waals surface area contributed by atoms with Gasteiger partial charge in [0.15, 0.2) is 0 Å². The molecule has 1 aromatic carbocycles. The number of carbonyl (C=O) groups excluding carboxylic acids is 2. The van der Waals surface area contributed by atoms with Crippen molar-refractivity contribution in [3.05, 3.63) is 35.6 Å². The molecule has 2 fully saturated rings. The fraction of sp³-hybridized carbons (Fsp3) is 0.500. The Hall–Kier alpha value is -2.24. The highest BCUT2D eigenvalue weighted by molar-refractivity contribution is 6.10. The average Bonchev–Trinajstić information content (AvgIpc) is 2.79. The quantitative estimate of drug-likeness (QED) is 0.860. The van der Waals surface area contributed by atoms with Gasteiger partial charge in [-0.1, -0.05) is 37.5 Å². The van der Waals surface area contributed by atoms with Crippen LogP contribution in [0.15, 0.2) is 24.3 Å². The van der Waals surface area contributed by atoms with Crippen LogP contribution in [0.1, 0.15) is 50.5 Å². The van der Waals surface area contributed by atoms with Crippen molar-refractivity contribution in [2.45, 2.75) is 56.4 Å². The number of nitrogens with zero attached hydrogens (tertiary/aromatic N) is 1. The second kappa shape index (κ2) is 6.34. The summed E-state index contributed by atoms with van der Waals surface area (Å²) >= 11 is 0. The Morgan fingerprint density at radius 2 is 1.88 bits per heavy atom. The third kappa shape index (κ3) is 2.70. The van der Waals surface area contributed by atoms with Gasteiger partial charge in [-0.25, -0.2) is 4.39 Å². The van der Waals surface area contributed by atoms with Gasteiger partial charge in [-0.05, 0) is 18.9 Å². The van der Waals surface area contributed by atoms with E-state index in [1.165, 1.54) is 23.1 Å². The van der Waals surface area contributed by atoms with E-state index in [0.717, 1.165) is 32.1 Å². The molecule has 3 rings (SSSR count). The summed E-state index contributed by atoms with van der Waals surface area (Å²) in [5.74, 6) is -2.82. The van der Waals surface area contributed by atoms with Gasteiger partial charge < -0.3 is 5.11 Å². The maximum absolute atomic E-state index is 14.3. The molecule has 1 aliphatic carbocycles. The van der Waals surface area contributed by atoms with E-state index < -0.39 is 35.4 Å². The minimum atomic E-state index is -1.63. The predicted molar refractivity (Wildman–Crippen MR) is 83.7 cm³/mol. The molecule has 128 valence electrons. The number of aliphatic carboxylic acids is 1. The Labute approximate surface area is 139 Å². The molecule has 1 N–H and O–H groups in total. The van der Waals surface area contributed by atoms with Crippen LogP contribution in [0.2, 0.25) is 0 Å². The van der Waals surface area contributed by atoms with Gasteiger partial charge in [-0.3, -0.25) is 19.3 Å². The van der Waals surface area contributed by atoms with Crippen molar-refractivity contribution in [3.63, 3.8) is 0 Å². The fourth-order valence-corrected chi connectivity index (χ4v) is 4.02. The number of hydrogen-bond donors (Lipinski definition) is 1. The lowest BCUT2D eigenvalue weighted by molar-refractivity contribution is -0.147. The van der Waals surface area contributed by atoms with Crippen LogP contribution in [-0.4, -0.2) is 33.8 Å². The summed E-state index contributed by atoms with van der Waals surface area (Å²) in [7, 11) is 0. The number of imide groups is 1. The molecule has 1 heterocycles. The van der Waals surface area contributed by atoms with Crippen LogP contribution in [0.5, 0.6) is 0 Å². The molecular weight excluding hydrogens is 313 g/mol. The van der Waals surface area contributed by atoms with E-state index in [-0.39, 0.29) is 18.0 Å². The van der Waals surface area contributed by atoms with Crippen LogP contribution in [0.25, 0.3) is 0 Å². The SMILES string of the molecule is O=C(O)C[C@]1(c2ccccc2F)CC(=O)N(C2CCCCC2)C1=O. The van der Waals surface area contributed by atoms with Gasteiger partial charge in [0.25, 0.3) is 0 Å². The number of carboxylic acid groups (broad SMARTS) is 1. The Morgan fingerprint density at radius 3 is 2.50 bits per heavy atom. The Kier molecular flexibility index (Phi) is 4.39. The fourth-order valence-electron chi connectivity index (χ4n) is 4.02. The molecule has 24 heavy (non-hydrogen) atoms. The third-order valence-corrected chi connectivity index (χ3v) is 5.13. The number of hydrogen-bond acceptors (Lipinski definition) is 3. The van der Waals surface area contributed by atoms with Crippen LogP contribution in [0.4, 0.5) is 4.39 Å². The topological polar surface area (TPSA) is 74.7 Å². The first-order valence-corrected chi connectivity index (χ1v) is 8.29. The maximum Gasteiger partial charge on any atom is 0.304 e. The number of carboxylic acids is 1. The molecule has 1 atom stereocenters. The smallest absolute Gasteiger partial charge is 0.304 e. The number of likely N-dealkylation sites (tertiary alicyclic amines) is 1. The van der Waals surface area contributed by atoms with Crippen molar-refractivity contribution in [1.29, 1.82) is 0 Å². The molecule has 0 bridgehead atoms. The Balaban J connectivity index is 2.03. The number of amides is 2. The number of halogens is 1. The molecule has 2 amide bonds. The van der Waals surface area contributed by atoms with E-state index in [1.807, 2.05) is 0 Å². The van der Waals surface area contributed by atoms with Crippen molar-refractivity contribution in [1.82, 2.24) is 4.90 Å². The van der Waals surface area contributed by atoms with E-state index >= 15 is 0 Å². The average molecular weight is 333 g/mol. The lowest BCUT2D eigenvalue weighted by atomic mass is 9.75. The van der Waals surface area contributed by atoms with Crippen molar-refractivity contribution < 1.29 is 23.9 Å². The standard InChI is InChI=1S/C18H20FNO4/c19-14-9-5-4-8-13(14)18(11-16(22)23)10-15(21)20(17(18)24)12-6-2-1-3-7-12/h4-5,8-9,12H,1-3,6-7,10-11H2,(H,22,23)/t18-/m0/s1. The molecule has 1 saturated carbocycles. The van der Waals surface area contributed by atoms with Crippen molar-refractivity contribution in [2.75, 3.05) is 0 Å². The van der Waals surface area contributed by atoms with Crippen LogP contribution in [-0.2, 0) is 19.8 Å². The van der Waals surface area contributed by atoms with Gasteiger partial charge in [0, 0.05) is 18.0 Å². The summed E-state index contributed by atoms with van der Waals surface area (Å²) in [6.45, 7) is 0. The van der Waals surface area contributed by atoms with Gasteiger partial charge in [-0.2, -0.15) is 0 Å². The second-order valence-corrected chi connectivity index (χ2v) is 6.67. The van der Waals surface area contributed by atoms with Gasteiger partial charge in [0.05, 0.1) is 11.8 Å². The lowest BCUT2D eigenvalue weighted by Crippen LogP contribution is -2.45. The van der Waals surface area contributed by atoms with E-state index in [4.69, 9.17) is 0 Å². The van der Waals surface area contributed by atoms with E-state index in [2.05, 4.69) is 0 Å². The summed E-state index contributed by atoms with van der Waals surface area (Å²) in [5.41, 5.74) is -1.63. The third-order valence-electron chi connectivity index (χ3n) is 5.13. The predicted octanol–water partition coefficient (Wildman–Crippen LogP) is 2.63. The summed E-state index contributed by atoms with van der Waals surface area (Å²) < 4.78 is 14.3. The molecule has 5 nitrogen and oxygen atoms in total. The number of rotatable bonds is 4. The Bertz CT molecular complexity index is 683. The van der Waals surface area contributed by atoms with E-state index in [9.17, 15) is 23.9 Å². The van der Waals surface area contributed by atoms with Crippen molar-refractivity contribution >= 4 is 17.8 Å². The summed E-state index contributed by atoms with van der Waals surface area (Å²) in [4.78, 5) is 38.2. The molecule has 1 aromatic rings. The molecule has 0 aromatic heterocycles. The highest BCUT2D eigenvalue weighted by Gasteiger charge is 2.56. The van der Waals surface area contributed by atoms with Gasteiger partial charge in [0.1, 0.15) is 5.82 Å². The molecule has 0 radical (unpaired) electrons. The Morgan fingerprint density at radius 1 is 1.21 bits per heavy atom. The molecule has 0 spiro atoms. The van der Waals surface area contributed by atoms with Crippen LogP contribution in [0, 0.1) is 5.82 Å². The first-order valence-electron chi connectivity index (χ1n) is 8.29. The largest absolute Gasteiger partial charge is 0.481 e. The zero-order chi connectivity index (χ0) is 17.3. The maximum atomic E-state index is 14.3. The van der Waals surface area contributed by atoms with Gasteiger partial charge in [-0.15, -0.1) is 0 Å². The second-order valence-electron chi connectivity index (χ2n) is 6.67. The first-order chi connectivity index (χ1) is 11.5. The van der Waals surface area contributed by atoms with Crippen LogP contribution >= 0.6 is 0 Å². The lowest BCUT2D eigenvalue weighted by Gasteiger charge is -2.32. The first kappa shape index (κ1) is 16.6. The summed E-state index contributed by atoms with van der Waals surface area (Å²) in [6, 6.07) is 5.45. The molecule has 2 aliphatic rings. The van der Waals surface area contributed by atoms with Crippen LogP contribution < -0.4 is 0 Å². The van der Waals surface area contributed by atoms with Gasteiger partial charge in [0.2, 0.25) is 11.8 Å².